The first-order valence-corrected chi connectivity index (χ1v) is 4.69. The largest absolute Gasteiger partial charge is 0.502 e. The lowest BCUT2D eigenvalue weighted by atomic mass is 9.95. The van der Waals surface area contributed by atoms with E-state index in [1.165, 1.54) is 6.07 Å². The molecule has 2 rings (SSSR count). The fraction of sp³-hybridized carbons (Fsp3) is 0.300. The third-order valence-electron chi connectivity index (χ3n) is 2.88. The number of phenolic OH excluding ortho intramolecular Hbond substituents is 1. The van der Waals surface area contributed by atoms with Gasteiger partial charge < -0.3 is 10.2 Å². The van der Waals surface area contributed by atoms with E-state index >= 15 is 0 Å². The van der Waals surface area contributed by atoms with Gasteiger partial charge in [-0.25, -0.2) is 0 Å². The summed E-state index contributed by atoms with van der Waals surface area (Å²) >= 11 is 0. The molecule has 0 atom stereocenters. The van der Waals surface area contributed by atoms with Crippen molar-refractivity contribution in [2.75, 3.05) is 0 Å². The number of carboxylic acid groups (broad SMARTS) is 1. The van der Waals surface area contributed by atoms with Crippen molar-refractivity contribution >= 4 is 11.7 Å². The molecule has 0 radical (unpaired) electrons. The summed E-state index contributed by atoms with van der Waals surface area (Å²) in [6.45, 7) is 0. The van der Waals surface area contributed by atoms with Gasteiger partial charge in [-0.2, -0.15) is 0 Å². The summed E-state index contributed by atoms with van der Waals surface area (Å²) in [5, 5.41) is 28.9. The van der Waals surface area contributed by atoms with Gasteiger partial charge in [0.05, 0.1) is 10.3 Å². The number of aliphatic carboxylic acids is 1. The second-order valence-corrected chi connectivity index (χ2v) is 3.85. The average molecular weight is 223 g/mol. The Bertz CT molecular complexity index is 478. The summed E-state index contributed by atoms with van der Waals surface area (Å²) in [6, 6.07) is 3.72. The van der Waals surface area contributed by atoms with E-state index < -0.39 is 27.7 Å². The number of aromatic hydroxyl groups is 1. The zero-order chi connectivity index (χ0) is 11.9. The summed E-state index contributed by atoms with van der Waals surface area (Å²) in [6.07, 6.45) is 0.953. The number of benzene rings is 1. The molecule has 16 heavy (non-hydrogen) atoms. The van der Waals surface area contributed by atoms with Gasteiger partial charge in [0.2, 0.25) is 0 Å². The molecule has 2 N–H and O–H groups in total. The minimum atomic E-state index is -0.988. The first-order chi connectivity index (χ1) is 7.47. The van der Waals surface area contributed by atoms with Crippen LogP contribution in [-0.2, 0) is 10.2 Å². The van der Waals surface area contributed by atoms with E-state index in [1.54, 1.807) is 0 Å². The number of nitro benzene ring substituents is 1. The SMILES string of the molecule is O=C(O)C1(c2ccc(O)c([N+](=O)[O-])c2)CC1. The first-order valence-electron chi connectivity index (χ1n) is 4.69. The van der Waals surface area contributed by atoms with Crippen molar-refractivity contribution in [1.29, 1.82) is 0 Å². The number of hydrogen-bond acceptors (Lipinski definition) is 4. The molecule has 0 bridgehead atoms. The van der Waals surface area contributed by atoms with E-state index in [9.17, 15) is 20.0 Å². The van der Waals surface area contributed by atoms with Crippen molar-refractivity contribution in [1.82, 2.24) is 0 Å². The zero-order valence-corrected chi connectivity index (χ0v) is 8.21. The third kappa shape index (κ3) is 1.39. The van der Waals surface area contributed by atoms with Crippen LogP contribution in [0.3, 0.4) is 0 Å². The Labute approximate surface area is 90.3 Å². The summed E-state index contributed by atoms with van der Waals surface area (Å²) in [5.41, 5.74) is -1.06. The van der Waals surface area contributed by atoms with Gasteiger partial charge in [-0.05, 0) is 24.5 Å². The first kappa shape index (κ1) is 10.4. The van der Waals surface area contributed by atoms with Gasteiger partial charge in [-0.3, -0.25) is 14.9 Å². The number of nitrogens with zero attached hydrogens (tertiary/aromatic N) is 1. The highest BCUT2D eigenvalue weighted by molar-refractivity contribution is 5.85. The van der Waals surface area contributed by atoms with Gasteiger partial charge in [0.15, 0.2) is 5.75 Å². The van der Waals surface area contributed by atoms with E-state index in [-0.39, 0.29) is 0 Å². The molecule has 1 aliphatic carbocycles. The minimum Gasteiger partial charge on any atom is -0.502 e. The highest BCUT2D eigenvalue weighted by Crippen LogP contribution is 2.49. The molecule has 0 aromatic heterocycles. The van der Waals surface area contributed by atoms with Crippen molar-refractivity contribution in [3.63, 3.8) is 0 Å². The van der Waals surface area contributed by atoms with Crippen LogP contribution in [0.5, 0.6) is 5.75 Å². The molecule has 1 fully saturated rings. The predicted molar refractivity (Wildman–Crippen MR) is 53.3 cm³/mol. The average Bonchev–Trinajstić information content (AvgIpc) is 2.98. The smallest absolute Gasteiger partial charge is 0.314 e. The van der Waals surface area contributed by atoms with Crippen molar-refractivity contribution in [2.45, 2.75) is 18.3 Å². The van der Waals surface area contributed by atoms with Crippen LogP contribution < -0.4 is 0 Å². The molecule has 0 heterocycles. The van der Waals surface area contributed by atoms with E-state index in [0.29, 0.717) is 18.4 Å². The van der Waals surface area contributed by atoms with Crippen molar-refractivity contribution in [3.05, 3.63) is 33.9 Å². The molecule has 6 nitrogen and oxygen atoms in total. The Morgan fingerprint density at radius 1 is 1.44 bits per heavy atom. The maximum Gasteiger partial charge on any atom is 0.314 e. The highest BCUT2D eigenvalue weighted by atomic mass is 16.6. The highest BCUT2D eigenvalue weighted by Gasteiger charge is 2.52. The van der Waals surface area contributed by atoms with Crippen molar-refractivity contribution in [2.24, 2.45) is 0 Å². The third-order valence-corrected chi connectivity index (χ3v) is 2.88. The normalized spacial score (nSPS) is 16.8. The van der Waals surface area contributed by atoms with Gasteiger partial charge >= 0.3 is 11.7 Å². The van der Waals surface area contributed by atoms with E-state index in [0.717, 1.165) is 12.1 Å². The quantitative estimate of drug-likeness (QED) is 0.596. The number of carboxylic acids is 1. The molecule has 1 aromatic carbocycles. The molecule has 0 saturated heterocycles. The second-order valence-electron chi connectivity index (χ2n) is 3.85. The van der Waals surface area contributed by atoms with Crippen LogP contribution in [0.4, 0.5) is 5.69 Å². The van der Waals surface area contributed by atoms with Gasteiger partial charge in [0, 0.05) is 6.07 Å². The van der Waals surface area contributed by atoms with Gasteiger partial charge in [0.1, 0.15) is 0 Å². The molecule has 1 aliphatic rings. The summed E-state index contributed by atoms with van der Waals surface area (Å²) in [5.74, 6) is -1.43. The summed E-state index contributed by atoms with van der Waals surface area (Å²) in [4.78, 5) is 20.9. The van der Waals surface area contributed by atoms with Crippen LogP contribution in [-0.4, -0.2) is 21.1 Å². The number of rotatable bonds is 3. The molecule has 6 heteroatoms. The molecule has 0 amide bonds. The molecule has 84 valence electrons. The topological polar surface area (TPSA) is 101 Å². The lowest BCUT2D eigenvalue weighted by molar-refractivity contribution is -0.385. The zero-order valence-electron chi connectivity index (χ0n) is 8.21. The Balaban J connectivity index is 2.48. The molecular weight excluding hydrogens is 214 g/mol. The molecule has 0 unspecified atom stereocenters. The Hall–Kier alpha value is -2.11. The van der Waals surface area contributed by atoms with Crippen LogP contribution in [0.1, 0.15) is 18.4 Å². The molecule has 0 spiro atoms. The fourth-order valence-electron chi connectivity index (χ4n) is 1.72. The van der Waals surface area contributed by atoms with Crippen molar-refractivity contribution < 1.29 is 19.9 Å². The molecule has 1 aromatic rings. The summed E-state index contributed by atoms with van der Waals surface area (Å²) < 4.78 is 0. The number of nitro groups is 1. The number of carbonyl (C=O) groups is 1. The Morgan fingerprint density at radius 2 is 2.06 bits per heavy atom. The van der Waals surface area contributed by atoms with Crippen LogP contribution in [0.2, 0.25) is 0 Å². The lowest BCUT2D eigenvalue weighted by Crippen LogP contribution is -2.19. The maximum absolute atomic E-state index is 11.0. The van der Waals surface area contributed by atoms with Crippen LogP contribution in [0, 0.1) is 10.1 Å². The number of hydrogen-bond donors (Lipinski definition) is 2. The molecule has 1 saturated carbocycles. The number of phenols is 1. The maximum atomic E-state index is 11.0. The second kappa shape index (κ2) is 3.19. The Morgan fingerprint density at radius 3 is 2.50 bits per heavy atom. The predicted octanol–water partition coefficient (Wildman–Crippen LogP) is 1.42. The lowest BCUT2D eigenvalue weighted by Gasteiger charge is -2.09. The standard InChI is InChI=1S/C10H9NO5/c12-8-2-1-6(5-7(8)11(15)16)10(3-4-10)9(13)14/h1-2,5,12H,3-4H2,(H,13,14). The van der Waals surface area contributed by atoms with Crippen LogP contribution >= 0.6 is 0 Å². The van der Waals surface area contributed by atoms with Gasteiger partial charge in [-0.15, -0.1) is 0 Å². The Kier molecular flexibility index (Phi) is 2.08. The van der Waals surface area contributed by atoms with E-state index in [1.807, 2.05) is 0 Å². The van der Waals surface area contributed by atoms with Crippen LogP contribution in [0.15, 0.2) is 18.2 Å². The van der Waals surface area contributed by atoms with Crippen LogP contribution in [0.25, 0.3) is 0 Å². The summed E-state index contributed by atoms with van der Waals surface area (Å²) in [7, 11) is 0. The van der Waals surface area contributed by atoms with Gasteiger partial charge in [0.25, 0.3) is 0 Å². The molecule has 0 aliphatic heterocycles. The fourth-order valence-corrected chi connectivity index (χ4v) is 1.72. The van der Waals surface area contributed by atoms with Crippen molar-refractivity contribution in [3.8, 4) is 5.75 Å². The monoisotopic (exact) mass is 223 g/mol. The molecular formula is C10H9NO5. The van der Waals surface area contributed by atoms with Gasteiger partial charge in [-0.1, -0.05) is 6.07 Å². The van der Waals surface area contributed by atoms with E-state index in [2.05, 4.69) is 0 Å². The van der Waals surface area contributed by atoms with E-state index in [4.69, 9.17) is 5.11 Å². The minimum absolute atomic E-state index is 0.379.